The Hall–Kier alpha value is -1.48. The molecule has 0 aliphatic carbocycles. The van der Waals surface area contributed by atoms with E-state index in [4.69, 9.17) is 10.5 Å². The molecule has 5 aliphatic rings. The highest BCUT2D eigenvalue weighted by Crippen LogP contribution is 2.28. The lowest BCUT2D eigenvalue weighted by Crippen LogP contribution is -2.67. The number of hydrogen-bond donors (Lipinski definition) is 5. The van der Waals surface area contributed by atoms with Crippen LogP contribution in [0.3, 0.4) is 0 Å². The van der Waals surface area contributed by atoms with Gasteiger partial charge >= 0.3 is 0 Å². The van der Waals surface area contributed by atoms with Crippen LogP contribution in [0.15, 0.2) is 0 Å². The largest absolute Gasteiger partial charge is 0.380 e. The second-order valence-electron chi connectivity index (χ2n) is 10.8. The first kappa shape index (κ1) is 26.1. The Kier molecular flexibility index (Phi) is 8.06. The van der Waals surface area contributed by atoms with Gasteiger partial charge in [-0.3, -0.25) is 19.8 Å². The molecule has 2 amide bonds. The van der Waals surface area contributed by atoms with Gasteiger partial charge < -0.3 is 26.0 Å². The maximum absolute atomic E-state index is 15.2. The van der Waals surface area contributed by atoms with E-state index >= 15 is 4.39 Å². The van der Waals surface area contributed by atoms with Crippen LogP contribution in [-0.4, -0.2) is 129 Å². The molecule has 5 rings (SSSR count). The molecular formula is C23H40F2N8O3. The summed E-state index contributed by atoms with van der Waals surface area (Å²) in [7, 11) is 1.68. The van der Waals surface area contributed by atoms with E-state index < -0.39 is 42.7 Å². The summed E-state index contributed by atoms with van der Waals surface area (Å²) < 4.78 is 34.4. The van der Waals surface area contributed by atoms with Gasteiger partial charge in [0.05, 0.1) is 36.4 Å². The molecule has 0 aromatic heterocycles. The van der Waals surface area contributed by atoms with E-state index in [-0.39, 0.29) is 43.5 Å². The van der Waals surface area contributed by atoms with E-state index in [1.165, 1.54) is 0 Å². The molecule has 0 radical (unpaired) electrons. The number of nitrogens with two attached hydrogens (primary N) is 1. The van der Waals surface area contributed by atoms with Gasteiger partial charge in [-0.1, -0.05) is 0 Å². The highest BCUT2D eigenvalue weighted by molar-refractivity contribution is 5.81. The molecule has 0 aromatic carbocycles. The minimum Gasteiger partial charge on any atom is -0.380 e. The van der Waals surface area contributed by atoms with E-state index in [0.717, 1.165) is 13.0 Å². The van der Waals surface area contributed by atoms with Crippen LogP contribution >= 0.6 is 0 Å². The summed E-state index contributed by atoms with van der Waals surface area (Å²) in [6.07, 6.45) is -0.933. The topological polar surface area (TPSA) is 127 Å². The molecule has 5 fully saturated rings. The lowest BCUT2D eigenvalue weighted by Gasteiger charge is -2.45. The van der Waals surface area contributed by atoms with Crippen LogP contribution in [0.4, 0.5) is 8.78 Å². The molecule has 0 spiro atoms. The number of halogens is 2. The number of ether oxygens (including phenoxy) is 1. The highest BCUT2D eigenvalue weighted by atomic mass is 19.1. The number of carbonyl (C=O) groups excluding carboxylic acids is 2. The zero-order chi connectivity index (χ0) is 25.4. The second kappa shape index (κ2) is 11.1. The molecule has 36 heavy (non-hydrogen) atoms. The number of hydrazine groups is 1. The van der Waals surface area contributed by atoms with Crippen molar-refractivity contribution < 1.29 is 23.1 Å². The molecule has 13 heteroatoms. The van der Waals surface area contributed by atoms with E-state index in [1.807, 2.05) is 4.90 Å². The fraction of sp³-hybridized carbons (Fsp3) is 0.913. The molecule has 0 bridgehead atoms. The number of hydrogen-bond acceptors (Lipinski definition) is 9. The molecule has 0 saturated carbocycles. The van der Waals surface area contributed by atoms with Crippen molar-refractivity contribution in [1.29, 1.82) is 0 Å². The molecule has 5 heterocycles. The monoisotopic (exact) mass is 514 g/mol. The van der Waals surface area contributed by atoms with Crippen molar-refractivity contribution >= 4 is 11.8 Å². The minimum absolute atomic E-state index is 0.0603. The van der Waals surface area contributed by atoms with E-state index in [1.54, 1.807) is 12.1 Å². The molecular weight excluding hydrogens is 474 g/mol. The molecule has 8 atom stereocenters. The predicted octanol–water partition coefficient (Wildman–Crippen LogP) is -2.27. The van der Waals surface area contributed by atoms with Crippen molar-refractivity contribution in [2.75, 3.05) is 59.5 Å². The fourth-order valence-electron chi connectivity index (χ4n) is 6.57. The third-order valence-electron chi connectivity index (χ3n) is 8.53. The second-order valence-corrected chi connectivity index (χ2v) is 10.8. The van der Waals surface area contributed by atoms with Crippen LogP contribution in [-0.2, 0) is 14.3 Å². The number of carbonyl (C=O) groups is 2. The molecule has 5 saturated heterocycles. The van der Waals surface area contributed by atoms with Gasteiger partial charge in [0.1, 0.15) is 12.3 Å². The molecule has 5 aliphatic heterocycles. The van der Waals surface area contributed by atoms with Crippen LogP contribution < -0.4 is 27.1 Å². The molecule has 11 nitrogen and oxygen atoms in total. The summed E-state index contributed by atoms with van der Waals surface area (Å²) in [4.78, 5) is 30.3. The normalized spacial score (nSPS) is 40.8. The first-order chi connectivity index (χ1) is 17.4. The molecule has 6 N–H and O–H groups in total. The van der Waals surface area contributed by atoms with Gasteiger partial charge in [0, 0.05) is 52.3 Å². The molecule has 204 valence electrons. The van der Waals surface area contributed by atoms with Crippen LogP contribution in [0.25, 0.3) is 0 Å². The quantitative estimate of drug-likeness (QED) is 0.276. The maximum Gasteiger partial charge on any atom is 0.229 e. The van der Waals surface area contributed by atoms with Crippen molar-refractivity contribution in [1.82, 2.24) is 36.2 Å². The Labute approximate surface area is 210 Å². The summed E-state index contributed by atoms with van der Waals surface area (Å²) in [6.45, 7) is 3.58. The Bertz CT molecular complexity index is 803. The average Bonchev–Trinajstić information content (AvgIpc) is 3.47. The summed E-state index contributed by atoms with van der Waals surface area (Å²) in [6, 6.07) is -0.916. The number of fused-ring (bicyclic) bond motifs is 1. The van der Waals surface area contributed by atoms with Crippen molar-refractivity contribution in [3.63, 3.8) is 0 Å². The predicted molar refractivity (Wildman–Crippen MR) is 128 cm³/mol. The smallest absolute Gasteiger partial charge is 0.229 e. The van der Waals surface area contributed by atoms with Gasteiger partial charge in [0.15, 0.2) is 0 Å². The van der Waals surface area contributed by atoms with Crippen molar-refractivity contribution in [3.05, 3.63) is 0 Å². The van der Waals surface area contributed by atoms with Gasteiger partial charge in [-0.05, 0) is 32.4 Å². The number of nitrogens with zero attached hydrogens (tertiary/aromatic N) is 3. The van der Waals surface area contributed by atoms with Crippen LogP contribution in [0, 0.1) is 11.8 Å². The van der Waals surface area contributed by atoms with E-state index in [0.29, 0.717) is 39.0 Å². The SMILES string of the molecule is CO[C@H]1CCN(C(=O)C2CCN(C3C(F)CNCC3NC(=O)C3C(N)NN4CC(F)CNC34)CC2)C1. The Morgan fingerprint density at radius 1 is 1.06 bits per heavy atom. The van der Waals surface area contributed by atoms with Crippen LogP contribution in [0.5, 0.6) is 0 Å². The summed E-state index contributed by atoms with van der Waals surface area (Å²) in [5, 5.41) is 10.8. The maximum atomic E-state index is 15.2. The number of likely N-dealkylation sites (tertiary alicyclic amines) is 2. The lowest BCUT2D eigenvalue weighted by atomic mass is 9.90. The Balaban J connectivity index is 1.18. The summed E-state index contributed by atoms with van der Waals surface area (Å²) in [5.41, 5.74) is 9.17. The number of methoxy groups -OCH3 is 1. The van der Waals surface area contributed by atoms with Gasteiger partial charge in [-0.15, -0.1) is 0 Å². The van der Waals surface area contributed by atoms with Crippen molar-refractivity contribution in [2.24, 2.45) is 17.6 Å². The first-order valence-corrected chi connectivity index (χ1v) is 13.2. The van der Waals surface area contributed by atoms with Gasteiger partial charge in [0.25, 0.3) is 0 Å². The van der Waals surface area contributed by atoms with Crippen molar-refractivity contribution in [3.8, 4) is 0 Å². The zero-order valence-electron chi connectivity index (χ0n) is 20.9. The van der Waals surface area contributed by atoms with Gasteiger partial charge in [0.2, 0.25) is 11.8 Å². The fourth-order valence-corrected chi connectivity index (χ4v) is 6.57. The number of amides is 2. The van der Waals surface area contributed by atoms with E-state index in [2.05, 4.69) is 26.3 Å². The zero-order valence-corrected chi connectivity index (χ0v) is 20.9. The third-order valence-corrected chi connectivity index (χ3v) is 8.53. The third kappa shape index (κ3) is 5.24. The average molecular weight is 515 g/mol. The molecule has 0 aromatic rings. The Morgan fingerprint density at radius 2 is 1.83 bits per heavy atom. The van der Waals surface area contributed by atoms with Crippen LogP contribution in [0.1, 0.15) is 19.3 Å². The van der Waals surface area contributed by atoms with Crippen molar-refractivity contribution in [2.45, 2.75) is 62.1 Å². The first-order valence-electron chi connectivity index (χ1n) is 13.2. The minimum atomic E-state index is -1.15. The lowest BCUT2D eigenvalue weighted by molar-refractivity contribution is -0.136. The Morgan fingerprint density at radius 3 is 2.56 bits per heavy atom. The number of nitrogens with one attached hydrogen (secondary N) is 4. The molecule has 7 unspecified atom stereocenters. The summed E-state index contributed by atoms with van der Waals surface area (Å²) in [5.74, 6) is -0.790. The number of piperidine rings is 2. The number of rotatable bonds is 5. The summed E-state index contributed by atoms with van der Waals surface area (Å²) >= 11 is 0. The van der Waals surface area contributed by atoms with Crippen LogP contribution in [0.2, 0.25) is 0 Å². The van der Waals surface area contributed by atoms with Gasteiger partial charge in [-0.25, -0.2) is 19.2 Å². The standard InChI is InChI=1S/C23H40F2N8O3/c1-36-15-4-7-32(12-15)23(35)13-2-5-31(6-3-13)19-16(25)9-27-10-17(19)29-22(34)18-20(26)30-33-11-14(24)8-28-21(18)33/h13-21,27-28,30H,2-12,26H2,1H3,(H,29,34)/t14?,15-,16?,17?,18?,19?,20?,21?/m0/s1. The van der Waals surface area contributed by atoms with E-state index in [9.17, 15) is 14.0 Å². The highest BCUT2D eigenvalue weighted by Gasteiger charge is 2.49. The number of alkyl halides is 2. The van der Waals surface area contributed by atoms with Gasteiger partial charge in [-0.2, -0.15) is 0 Å².